The predicted molar refractivity (Wildman–Crippen MR) is 117 cm³/mol. The van der Waals surface area contributed by atoms with Crippen LogP contribution in [0.25, 0.3) is 0 Å². The van der Waals surface area contributed by atoms with Crippen molar-refractivity contribution in [3.63, 3.8) is 0 Å². The molecule has 0 spiro atoms. The third-order valence-corrected chi connectivity index (χ3v) is 6.59. The Morgan fingerprint density at radius 3 is 0.931 bits per heavy atom. The van der Waals surface area contributed by atoms with Gasteiger partial charge in [-0.15, -0.1) is 0 Å². The lowest BCUT2D eigenvalue weighted by atomic mass is 10.2. The van der Waals surface area contributed by atoms with Crippen LogP contribution in [0.3, 0.4) is 0 Å². The predicted octanol–water partition coefficient (Wildman–Crippen LogP) is 6.15. The highest BCUT2D eigenvalue weighted by Gasteiger charge is 2.29. The number of benzene rings is 4. The van der Waals surface area contributed by atoms with E-state index in [1.54, 1.807) is 6.07 Å². The highest BCUT2D eigenvalue weighted by molar-refractivity contribution is 7.79. The summed E-state index contributed by atoms with van der Waals surface area (Å²) in [5.41, 5.74) is -0.602. The molecule has 0 aliphatic rings. The first-order chi connectivity index (χ1) is 14.1. The number of halogens is 3. The van der Waals surface area contributed by atoms with Crippen molar-refractivity contribution in [1.29, 1.82) is 0 Å². The van der Waals surface area contributed by atoms with E-state index in [-0.39, 0.29) is 0 Å². The Morgan fingerprint density at radius 1 is 0.414 bits per heavy atom. The zero-order valence-electron chi connectivity index (χ0n) is 15.6. The molecule has 0 atom stereocenters. The van der Waals surface area contributed by atoms with Crippen molar-refractivity contribution in [1.82, 2.24) is 0 Å². The van der Waals surface area contributed by atoms with E-state index in [9.17, 15) is 13.2 Å². The molecule has 4 aromatic rings. The Balaban J connectivity index is 0.000000204. The van der Waals surface area contributed by atoms with Crippen LogP contribution >= 0.6 is 7.92 Å². The van der Waals surface area contributed by atoms with Crippen LogP contribution in [0, 0.1) is 0 Å². The van der Waals surface area contributed by atoms with Crippen molar-refractivity contribution < 1.29 is 13.2 Å². The van der Waals surface area contributed by atoms with Gasteiger partial charge < -0.3 is 0 Å². The lowest BCUT2D eigenvalue weighted by Crippen LogP contribution is -2.20. The molecule has 0 aliphatic heterocycles. The quantitative estimate of drug-likeness (QED) is 0.357. The monoisotopic (exact) mass is 408 g/mol. The minimum Gasteiger partial charge on any atom is -0.166 e. The van der Waals surface area contributed by atoms with Gasteiger partial charge in [0.05, 0.1) is 5.56 Å². The van der Waals surface area contributed by atoms with E-state index >= 15 is 0 Å². The fourth-order valence-corrected chi connectivity index (χ4v) is 5.11. The van der Waals surface area contributed by atoms with E-state index in [2.05, 4.69) is 91.0 Å². The molecule has 29 heavy (non-hydrogen) atoms. The minimum atomic E-state index is -4.21. The normalized spacial score (nSPS) is 10.9. The molecule has 4 rings (SSSR count). The van der Waals surface area contributed by atoms with Crippen LogP contribution in [0.15, 0.2) is 121 Å². The molecule has 0 aromatic heterocycles. The summed E-state index contributed by atoms with van der Waals surface area (Å²) in [7, 11) is -0.446. The molecule has 0 fully saturated rings. The van der Waals surface area contributed by atoms with Crippen molar-refractivity contribution in [3.8, 4) is 0 Å². The number of hydrogen-bond donors (Lipinski definition) is 0. The molecule has 0 aliphatic carbocycles. The Labute approximate surface area is 170 Å². The molecule has 0 amide bonds. The van der Waals surface area contributed by atoms with Gasteiger partial charge in [0.15, 0.2) is 0 Å². The summed E-state index contributed by atoms with van der Waals surface area (Å²) in [6.45, 7) is 0. The molecular weight excluding hydrogens is 388 g/mol. The average molecular weight is 408 g/mol. The molecule has 4 heteroatoms. The summed E-state index contributed by atoms with van der Waals surface area (Å²) in [5, 5.41) is 4.19. The molecule has 0 saturated carbocycles. The summed E-state index contributed by atoms with van der Waals surface area (Å²) in [6.07, 6.45) is -4.21. The smallest absolute Gasteiger partial charge is 0.166 e. The standard InChI is InChI=1S/C18H15P.C7H5F3/c1-4-10-16(11-5-1)19(17-12-6-2-7-13-17)18-14-8-3-9-15-18;8-7(9,10)6-4-2-1-3-5-6/h1-15H;1-5H. The maximum atomic E-state index is 11.8. The maximum Gasteiger partial charge on any atom is 0.416 e. The molecule has 146 valence electrons. The lowest BCUT2D eigenvalue weighted by molar-refractivity contribution is -0.137. The fraction of sp³-hybridized carbons (Fsp3) is 0.0400. The molecule has 0 radical (unpaired) electrons. The third kappa shape index (κ3) is 6.04. The first-order valence-electron chi connectivity index (χ1n) is 9.13. The summed E-state index contributed by atoms with van der Waals surface area (Å²) in [5.74, 6) is 0. The van der Waals surface area contributed by atoms with Crippen LogP contribution < -0.4 is 15.9 Å². The van der Waals surface area contributed by atoms with Crippen molar-refractivity contribution in [2.45, 2.75) is 6.18 Å². The van der Waals surface area contributed by atoms with E-state index in [1.165, 1.54) is 28.0 Å². The van der Waals surface area contributed by atoms with E-state index in [1.807, 2.05) is 0 Å². The Morgan fingerprint density at radius 2 is 0.690 bits per heavy atom. The summed E-state index contributed by atoms with van der Waals surface area (Å²) >= 11 is 0. The van der Waals surface area contributed by atoms with Gasteiger partial charge in [-0.1, -0.05) is 121 Å². The van der Waals surface area contributed by atoms with Crippen molar-refractivity contribution in [3.05, 3.63) is 127 Å². The van der Waals surface area contributed by atoms with E-state index in [0.29, 0.717) is 0 Å². The number of alkyl halides is 3. The van der Waals surface area contributed by atoms with Crippen LogP contribution in [0.2, 0.25) is 0 Å². The first-order valence-corrected chi connectivity index (χ1v) is 10.5. The maximum absolute atomic E-state index is 11.8. The Bertz CT molecular complexity index is 876. The molecule has 0 saturated heterocycles. The van der Waals surface area contributed by atoms with Crippen LogP contribution in [0.1, 0.15) is 5.56 Å². The van der Waals surface area contributed by atoms with Crippen LogP contribution in [-0.2, 0) is 6.18 Å². The van der Waals surface area contributed by atoms with Crippen molar-refractivity contribution in [2.24, 2.45) is 0 Å². The highest BCUT2D eigenvalue weighted by Crippen LogP contribution is 2.32. The number of rotatable bonds is 3. The van der Waals surface area contributed by atoms with Crippen LogP contribution in [0.5, 0.6) is 0 Å². The van der Waals surface area contributed by atoms with E-state index in [0.717, 1.165) is 12.1 Å². The summed E-state index contributed by atoms with van der Waals surface area (Å²) in [6, 6.07) is 38.7. The molecular formula is C25H20F3P. The zero-order valence-corrected chi connectivity index (χ0v) is 16.5. The molecule has 4 aromatic carbocycles. The number of hydrogen-bond acceptors (Lipinski definition) is 0. The van der Waals surface area contributed by atoms with E-state index in [4.69, 9.17) is 0 Å². The average Bonchev–Trinajstić information content (AvgIpc) is 2.77. The third-order valence-electron chi connectivity index (χ3n) is 4.14. The van der Waals surface area contributed by atoms with Crippen molar-refractivity contribution >= 4 is 23.8 Å². The van der Waals surface area contributed by atoms with Gasteiger partial charge in [0, 0.05) is 0 Å². The SMILES string of the molecule is FC(F)(F)c1ccccc1.c1ccc(P(c2ccccc2)c2ccccc2)cc1. The summed E-state index contributed by atoms with van der Waals surface area (Å²) < 4.78 is 35.4. The molecule has 0 N–H and O–H groups in total. The van der Waals surface area contributed by atoms with Crippen molar-refractivity contribution in [2.75, 3.05) is 0 Å². The van der Waals surface area contributed by atoms with Gasteiger partial charge in [0.1, 0.15) is 0 Å². The Kier molecular flexibility index (Phi) is 7.21. The van der Waals surface area contributed by atoms with Gasteiger partial charge >= 0.3 is 6.18 Å². The van der Waals surface area contributed by atoms with E-state index < -0.39 is 19.7 Å². The lowest BCUT2D eigenvalue weighted by Gasteiger charge is -2.18. The molecule has 0 bridgehead atoms. The fourth-order valence-electron chi connectivity index (χ4n) is 2.81. The largest absolute Gasteiger partial charge is 0.416 e. The molecule has 0 heterocycles. The minimum absolute atomic E-state index is 0.446. The first kappa shape index (κ1) is 20.8. The highest BCUT2D eigenvalue weighted by atomic mass is 31.1. The molecule has 0 unspecified atom stereocenters. The van der Waals surface area contributed by atoms with Crippen LogP contribution in [-0.4, -0.2) is 0 Å². The summed E-state index contributed by atoms with van der Waals surface area (Å²) in [4.78, 5) is 0. The van der Waals surface area contributed by atoms with Gasteiger partial charge in [0.25, 0.3) is 0 Å². The zero-order chi connectivity index (χ0) is 20.5. The van der Waals surface area contributed by atoms with Gasteiger partial charge in [0.2, 0.25) is 0 Å². The second kappa shape index (κ2) is 10.0. The Hall–Kier alpha value is -2.90. The van der Waals surface area contributed by atoms with Gasteiger partial charge in [-0.2, -0.15) is 13.2 Å². The van der Waals surface area contributed by atoms with Gasteiger partial charge in [-0.3, -0.25) is 0 Å². The molecule has 0 nitrogen and oxygen atoms in total. The second-order valence-corrected chi connectivity index (χ2v) is 8.43. The topological polar surface area (TPSA) is 0 Å². The van der Waals surface area contributed by atoms with Gasteiger partial charge in [-0.05, 0) is 23.8 Å². The van der Waals surface area contributed by atoms with Crippen LogP contribution in [0.4, 0.5) is 13.2 Å². The second-order valence-electron chi connectivity index (χ2n) is 6.21. The van der Waals surface area contributed by atoms with Gasteiger partial charge in [-0.25, -0.2) is 0 Å².